The second-order valence-electron chi connectivity index (χ2n) is 3.71. The molecule has 0 atom stereocenters. The van der Waals surface area contributed by atoms with Gasteiger partial charge in [-0.2, -0.15) is 10.2 Å². The van der Waals surface area contributed by atoms with Crippen LogP contribution in [0.5, 0.6) is 0 Å². The monoisotopic (exact) mass is 245 g/mol. The molecule has 1 N–H and O–H groups in total. The number of aromatic nitrogens is 4. The van der Waals surface area contributed by atoms with Crippen LogP contribution in [0.25, 0.3) is 15.9 Å². The highest BCUT2D eigenvalue weighted by atomic mass is 32.1. The van der Waals surface area contributed by atoms with Gasteiger partial charge in [-0.3, -0.25) is 4.79 Å². The largest absolute Gasteiger partial charge is 0.282 e. The van der Waals surface area contributed by atoms with E-state index >= 15 is 0 Å². The van der Waals surface area contributed by atoms with Gasteiger partial charge in [0.15, 0.2) is 5.65 Å². The highest BCUT2D eigenvalue weighted by Crippen LogP contribution is 2.27. The third-order valence-corrected chi connectivity index (χ3v) is 3.97. The van der Waals surface area contributed by atoms with E-state index in [9.17, 15) is 4.79 Å². The smallest absolute Gasteiger partial charge is 0.267 e. The summed E-state index contributed by atoms with van der Waals surface area (Å²) in [5.41, 5.74) is 1.05. The number of thiophene rings is 1. The normalized spacial score (nSPS) is 11.1. The lowest BCUT2D eigenvalue weighted by molar-refractivity contribution is 0.875. The predicted octanol–water partition coefficient (Wildman–Crippen LogP) is 1.12. The highest BCUT2D eigenvalue weighted by Gasteiger charge is 2.16. The third kappa shape index (κ3) is 1.15. The number of nitrogens with zero attached hydrogens (tertiary/aromatic N) is 4. The molecular formula is C10H7N5OS. The van der Waals surface area contributed by atoms with E-state index in [0.717, 1.165) is 15.3 Å². The van der Waals surface area contributed by atoms with Gasteiger partial charge in [0.25, 0.3) is 5.56 Å². The molecule has 0 aromatic carbocycles. The lowest BCUT2D eigenvalue weighted by Crippen LogP contribution is -2.09. The molecule has 0 radical (unpaired) electrons. The first kappa shape index (κ1) is 9.99. The van der Waals surface area contributed by atoms with Gasteiger partial charge in [-0.05, 0) is 19.4 Å². The summed E-state index contributed by atoms with van der Waals surface area (Å²) in [6, 6.07) is 1.90. The Morgan fingerprint density at radius 2 is 2.24 bits per heavy atom. The number of aryl methyl sites for hydroxylation is 2. The maximum Gasteiger partial charge on any atom is 0.282 e. The molecule has 0 spiro atoms. The number of nitrogens with one attached hydrogen (secondary N) is 1. The average Bonchev–Trinajstić information content (AvgIpc) is 2.82. The van der Waals surface area contributed by atoms with Crippen molar-refractivity contribution in [3.8, 4) is 6.07 Å². The zero-order chi connectivity index (χ0) is 12.2. The van der Waals surface area contributed by atoms with Gasteiger partial charge in [0, 0.05) is 4.88 Å². The molecule has 3 rings (SSSR count). The average molecular weight is 245 g/mol. The molecule has 6 nitrogen and oxygen atoms in total. The molecule has 0 unspecified atom stereocenters. The summed E-state index contributed by atoms with van der Waals surface area (Å²) < 4.78 is 1.58. The molecule has 0 amide bonds. The SMILES string of the molecule is Cc1sc2c(c1C)c(=O)nc1c(C#N)n[nH]n12. The first-order chi connectivity index (χ1) is 8.13. The molecule has 0 saturated heterocycles. The molecule has 3 aromatic heterocycles. The van der Waals surface area contributed by atoms with Crippen molar-refractivity contribution >= 4 is 27.2 Å². The van der Waals surface area contributed by atoms with Crippen LogP contribution in [0.4, 0.5) is 0 Å². The standard InChI is InChI=1S/C10H7N5OS/c1-4-5(2)17-10-7(4)9(16)12-8-6(3-11)13-14-15(8)10/h14H,1-2H3. The number of fused-ring (bicyclic) bond motifs is 3. The van der Waals surface area contributed by atoms with Crippen molar-refractivity contribution in [1.82, 2.24) is 19.8 Å². The van der Waals surface area contributed by atoms with Crippen molar-refractivity contribution in [2.45, 2.75) is 13.8 Å². The summed E-state index contributed by atoms with van der Waals surface area (Å²) in [6.07, 6.45) is 0. The maximum absolute atomic E-state index is 11.9. The zero-order valence-corrected chi connectivity index (χ0v) is 9.92. The Labute approximate surface area is 99.1 Å². The summed E-state index contributed by atoms with van der Waals surface area (Å²) >= 11 is 1.49. The molecule has 84 valence electrons. The van der Waals surface area contributed by atoms with Crippen LogP contribution in [0.2, 0.25) is 0 Å². The van der Waals surface area contributed by atoms with Gasteiger partial charge < -0.3 is 0 Å². The molecule has 0 aliphatic carbocycles. The molecule has 17 heavy (non-hydrogen) atoms. The Morgan fingerprint density at radius 1 is 1.47 bits per heavy atom. The minimum absolute atomic E-state index is 0.132. The first-order valence-corrected chi connectivity index (χ1v) is 5.72. The molecule has 3 aromatic rings. The fourth-order valence-corrected chi connectivity index (χ4v) is 2.90. The molecular weight excluding hydrogens is 238 g/mol. The van der Waals surface area contributed by atoms with Crippen molar-refractivity contribution in [3.63, 3.8) is 0 Å². The second kappa shape index (κ2) is 3.15. The number of H-pyrrole nitrogens is 1. The zero-order valence-electron chi connectivity index (χ0n) is 9.11. The minimum atomic E-state index is -0.306. The predicted molar refractivity (Wildman–Crippen MR) is 63.2 cm³/mol. The third-order valence-electron chi connectivity index (χ3n) is 2.78. The van der Waals surface area contributed by atoms with Gasteiger partial charge in [0.2, 0.25) is 5.69 Å². The van der Waals surface area contributed by atoms with Crippen LogP contribution in [0.1, 0.15) is 16.1 Å². The molecule has 0 bridgehead atoms. The van der Waals surface area contributed by atoms with Crippen LogP contribution < -0.4 is 5.56 Å². The van der Waals surface area contributed by atoms with E-state index in [1.165, 1.54) is 11.3 Å². The molecule has 7 heteroatoms. The summed E-state index contributed by atoms with van der Waals surface area (Å²) in [7, 11) is 0. The Bertz CT molecular complexity index is 847. The quantitative estimate of drug-likeness (QED) is 0.643. The van der Waals surface area contributed by atoms with Crippen LogP contribution >= 0.6 is 11.3 Å². The van der Waals surface area contributed by atoms with E-state index < -0.39 is 0 Å². The van der Waals surface area contributed by atoms with E-state index in [4.69, 9.17) is 5.26 Å². The topological polar surface area (TPSA) is 86.8 Å². The molecule has 0 aliphatic heterocycles. The lowest BCUT2D eigenvalue weighted by atomic mass is 10.2. The number of hydrogen-bond donors (Lipinski definition) is 1. The summed E-state index contributed by atoms with van der Waals surface area (Å²) in [5.74, 6) is 0. The number of nitriles is 1. The number of hydrogen-bond acceptors (Lipinski definition) is 5. The van der Waals surface area contributed by atoms with Gasteiger partial charge in [-0.15, -0.1) is 16.4 Å². The summed E-state index contributed by atoms with van der Waals surface area (Å²) in [6.45, 7) is 3.85. The van der Waals surface area contributed by atoms with Crippen LogP contribution in [-0.4, -0.2) is 19.8 Å². The Balaban J connectivity index is 2.67. The lowest BCUT2D eigenvalue weighted by Gasteiger charge is -1.94. The molecule has 0 aliphatic rings. The van der Waals surface area contributed by atoms with Gasteiger partial charge in [0.05, 0.1) is 5.39 Å². The second-order valence-corrected chi connectivity index (χ2v) is 4.91. The van der Waals surface area contributed by atoms with E-state index in [0.29, 0.717) is 5.39 Å². The minimum Gasteiger partial charge on any atom is -0.267 e. The van der Waals surface area contributed by atoms with Crippen LogP contribution in [-0.2, 0) is 0 Å². The van der Waals surface area contributed by atoms with Crippen LogP contribution in [0, 0.1) is 25.2 Å². The van der Waals surface area contributed by atoms with Gasteiger partial charge in [0.1, 0.15) is 10.9 Å². The first-order valence-electron chi connectivity index (χ1n) is 4.90. The summed E-state index contributed by atoms with van der Waals surface area (Å²) in [5, 5.41) is 16.0. The van der Waals surface area contributed by atoms with E-state index in [1.54, 1.807) is 4.52 Å². The molecule has 0 saturated carbocycles. The van der Waals surface area contributed by atoms with Gasteiger partial charge in [-0.1, -0.05) is 0 Å². The van der Waals surface area contributed by atoms with Crippen LogP contribution in [0.3, 0.4) is 0 Å². The Kier molecular flexibility index (Phi) is 1.85. The van der Waals surface area contributed by atoms with Gasteiger partial charge in [-0.25, -0.2) is 9.73 Å². The van der Waals surface area contributed by atoms with Crippen LogP contribution in [0.15, 0.2) is 4.79 Å². The fourth-order valence-electron chi connectivity index (χ4n) is 1.79. The number of aromatic amines is 1. The van der Waals surface area contributed by atoms with Gasteiger partial charge >= 0.3 is 0 Å². The molecule has 0 fully saturated rings. The van der Waals surface area contributed by atoms with E-state index in [1.807, 2.05) is 19.9 Å². The number of rotatable bonds is 0. The van der Waals surface area contributed by atoms with Crippen molar-refractivity contribution in [2.75, 3.05) is 0 Å². The maximum atomic E-state index is 11.9. The summed E-state index contributed by atoms with van der Waals surface area (Å²) in [4.78, 5) is 17.6. The van der Waals surface area contributed by atoms with Crippen molar-refractivity contribution in [1.29, 1.82) is 5.26 Å². The van der Waals surface area contributed by atoms with Crippen molar-refractivity contribution in [3.05, 3.63) is 26.5 Å². The van der Waals surface area contributed by atoms with E-state index in [2.05, 4.69) is 15.3 Å². The fraction of sp³-hybridized carbons (Fsp3) is 0.200. The van der Waals surface area contributed by atoms with E-state index in [-0.39, 0.29) is 16.9 Å². The highest BCUT2D eigenvalue weighted by molar-refractivity contribution is 7.18. The van der Waals surface area contributed by atoms with Crippen molar-refractivity contribution in [2.24, 2.45) is 0 Å². The van der Waals surface area contributed by atoms with Crippen molar-refractivity contribution < 1.29 is 0 Å². The Morgan fingerprint density at radius 3 is 2.94 bits per heavy atom. The Hall–Kier alpha value is -2.20. The molecule has 3 heterocycles.